The molecule has 0 heterocycles. The van der Waals surface area contributed by atoms with Gasteiger partial charge in [0.1, 0.15) is 0 Å². The monoisotopic (exact) mass is 235 g/mol. The van der Waals surface area contributed by atoms with Gasteiger partial charge in [0.2, 0.25) is 0 Å². The Morgan fingerprint density at radius 1 is 1.00 bits per heavy atom. The third kappa shape index (κ3) is 7.94. The van der Waals surface area contributed by atoms with Gasteiger partial charge < -0.3 is 10.1 Å². The first-order chi connectivity index (χ1) is 8.43. The van der Waals surface area contributed by atoms with Gasteiger partial charge in [-0.25, -0.2) is 0 Å². The summed E-state index contributed by atoms with van der Waals surface area (Å²) in [6, 6.07) is 10.6. The summed E-state index contributed by atoms with van der Waals surface area (Å²) < 4.78 is 5.60. The molecule has 2 heteroatoms. The molecule has 1 N–H and O–H groups in total. The van der Waals surface area contributed by atoms with E-state index in [4.69, 9.17) is 4.74 Å². The zero-order chi connectivity index (χ0) is 12.2. The van der Waals surface area contributed by atoms with Crippen molar-refractivity contribution in [1.82, 2.24) is 5.32 Å². The highest BCUT2D eigenvalue weighted by Gasteiger charge is 1.93. The number of ether oxygens (including phenoxy) is 1. The lowest BCUT2D eigenvalue weighted by molar-refractivity contribution is 0.129. The van der Waals surface area contributed by atoms with E-state index in [-0.39, 0.29) is 0 Å². The van der Waals surface area contributed by atoms with Gasteiger partial charge in [0.15, 0.2) is 0 Å². The molecular formula is C15H25NO. The number of rotatable bonds is 10. The smallest absolute Gasteiger partial charge is 0.0478 e. The molecule has 1 aromatic rings. The zero-order valence-electron chi connectivity index (χ0n) is 11.0. The maximum Gasteiger partial charge on any atom is 0.0478 e. The van der Waals surface area contributed by atoms with Crippen molar-refractivity contribution in [3.05, 3.63) is 35.9 Å². The van der Waals surface area contributed by atoms with Crippen LogP contribution in [-0.4, -0.2) is 26.3 Å². The number of aryl methyl sites for hydroxylation is 1. The molecule has 0 saturated heterocycles. The van der Waals surface area contributed by atoms with Gasteiger partial charge in [-0.1, -0.05) is 37.3 Å². The van der Waals surface area contributed by atoms with E-state index < -0.39 is 0 Å². The lowest BCUT2D eigenvalue weighted by atomic mass is 10.1. The van der Waals surface area contributed by atoms with E-state index in [0.717, 1.165) is 45.6 Å². The number of nitrogens with one attached hydrogen (secondary N) is 1. The van der Waals surface area contributed by atoms with Gasteiger partial charge in [-0.3, -0.25) is 0 Å². The normalized spacial score (nSPS) is 10.6. The third-order valence-electron chi connectivity index (χ3n) is 2.67. The molecule has 0 amide bonds. The average Bonchev–Trinajstić information content (AvgIpc) is 2.38. The van der Waals surface area contributed by atoms with Crippen molar-refractivity contribution in [2.24, 2.45) is 0 Å². The van der Waals surface area contributed by atoms with Crippen LogP contribution >= 0.6 is 0 Å². The Morgan fingerprint density at radius 2 is 1.76 bits per heavy atom. The Kier molecular flexibility index (Phi) is 8.61. The van der Waals surface area contributed by atoms with Crippen LogP contribution in [0.4, 0.5) is 0 Å². The lowest BCUT2D eigenvalue weighted by Crippen LogP contribution is -2.17. The second-order valence-electron chi connectivity index (χ2n) is 4.31. The van der Waals surface area contributed by atoms with Gasteiger partial charge in [0.25, 0.3) is 0 Å². The molecule has 1 rings (SSSR count). The minimum atomic E-state index is 0.878. The van der Waals surface area contributed by atoms with Gasteiger partial charge >= 0.3 is 0 Å². The average molecular weight is 235 g/mol. The van der Waals surface area contributed by atoms with Gasteiger partial charge in [-0.05, 0) is 44.3 Å². The highest BCUT2D eigenvalue weighted by molar-refractivity contribution is 5.14. The molecule has 2 nitrogen and oxygen atoms in total. The maximum atomic E-state index is 5.60. The fourth-order valence-electron chi connectivity index (χ4n) is 1.73. The van der Waals surface area contributed by atoms with E-state index in [1.165, 1.54) is 12.0 Å². The Labute approximate surface area is 105 Å². The highest BCUT2D eigenvalue weighted by Crippen LogP contribution is 2.02. The topological polar surface area (TPSA) is 21.3 Å². The summed E-state index contributed by atoms with van der Waals surface area (Å²) in [5.41, 5.74) is 1.40. The van der Waals surface area contributed by atoms with Gasteiger partial charge in [0.05, 0.1) is 0 Å². The minimum absolute atomic E-state index is 0.878. The maximum absolute atomic E-state index is 5.60. The van der Waals surface area contributed by atoms with Crippen LogP contribution in [-0.2, 0) is 11.2 Å². The van der Waals surface area contributed by atoms with Crippen molar-refractivity contribution < 1.29 is 4.74 Å². The van der Waals surface area contributed by atoms with Crippen LogP contribution in [0.15, 0.2) is 30.3 Å². The standard InChI is InChI=1S/C15H25NO/c1-2-11-16-12-7-14-17-13-6-10-15-8-4-3-5-9-15/h3-5,8-9,16H,2,6-7,10-14H2,1H3. The van der Waals surface area contributed by atoms with Crippen molar-refractivity contribution in [2.45, 2.75) is 32.6 Å². The molecule has 0 unspecified atom stereocenters. The van der Waals surface area contributed by atoms with Gasteiger partial charge in [0, 0.05) is 13.2 Å². The van der Waals surface area contributed by atoms with E-state index in [1.807, 2.05) is 0 Å². The summed E-state index contributed by atoms with van der Waals surface area (Å²) in [5.74, 6) is 0. The second-order valence-corrected chi connectivity index (χ2v) is 4.31. The van der Waals surface area contributed by atoms with Gasteiger partial charge in [-0.2, -0.15) is 0 Å². The summed E-state index contributed by atoms with van der Waals surface area (Å²) in [6.45, 7) is 6.14. The molecule has 0 saturated carbocycles. The minimum Gasteiger partial charge on any atom is -0.381 e. The molecule has 0 fully saturated rings. The van der Waals surface area contributed by atoms with Gasteiger partial charge in [-0.15, -0.1) is 0 Å². The number of benzene rings is 1. The fourth-order valence-corrected chi connectivity index (χ4v) is 1.73. The van der Waals surface area contributed by atoms with E-state index >= 15 is 0 Å². The Balaban J connectivity index is 1.85. The molecule has 0 aromatic heterocycles. The summed E-state index contributed by atoms with van der Waals surface area (Å²) in [5, 5.41) is 3.37. The van der Waals surface area contributed by atoms with Crippen LogP contribution in [0.1, 0.15) is 31.7 Å². The van der Waals surface area contributed by atoms with Crippen molar-refractivity contribution in [3.63, 3.8) is 0 Å². The Hall–Kier alpha value is -0.860. The molecule has 0 atom stereocenters. The van der Waals surface area contributed by atoms with Crippen molar-refractivity contribution >= 4 is 0 Å². The molecule has 17 heavy (non-hydrogen) atoms. The molecule has 0 bridgehead atoms. The zero-order valence-corrected chi connectivity index (χ0v) is 11.0. The number of hydrogen-bond acceptors (Lipinski definition) is 2. The van der Waals surface area contributed by atoms with Crippen LogP contribution in [0.5, 0.6) is 0 Å². The summed E-state index contributed by atoms with van der Waals surface area (Å²) in [7, 11) is 0. The molecule has 0 radical (unpaired) electrons. The van der Waals surface area contributed by atoms with E-state index in [1.54, 1.807) is 0 Å². The van der Waals surface area contributed by atoms with E-state index in [0.29, 0.717) is 0 Å². The van der Waals surface area contributed by atoms with Crippen molar-refractivity contribution in [1.29, 1.82) is 0 Å². The molecule has 1 aromatic carbocycles. The van der Waals surface area contributed by atoms with Crippen molar-refractivity contribution in [3.8, 4) is 0 Å². The highest BCUT2D eigenvalue weighted by atomic mass is 16.5. The van der Waals surface area contributed by atoms with Crippen LogP contribution in [0.25, 0.3) is 0 Å². The molecule has 0 aliphatic carbocycles. The first kappa shape index (κ1) is 14.2. The van der Waals surface area contributed by atoms with Crippen LogP contribution < -0.4 is 5.32 Å². The SMILES string of the molecule is CCCNCCCOCCCc1ccccc1. The predicted octanol–water partition coefficient (Wildman–Crippen LogP) is 3.03. The van der Waals surface area contributed by atoms with Crippen LogP contribution in [0, 0.1) is 0 Å². The van der Waals surface area contributed by atoms with Crippen LogP contribution in [0.2, 0.25) is 0 Å². The summed E-state index contributed by atoms with van der Waals surface area (Å²) in [6.07, 6.45) is 4.56. The molecule has 0 aliphatic heterocycles. The van der Waals surface area contributed by atoms with Crippen molar-refractivity contribution in [2.75, 3.05) is 26.3 Å². The van der Waals surface area contributed by atoms with Crippen LogP contribution in [0.3, 0.4) is 0 Å². The summed E-state index contributed by atoms with van der Waals surface area (Å²) >= 11 is 0. The molecule has 0 spiro atoms. The second kappa shape index (κ2) is 10.3. The Morgan fingerprint density at radius 3 is 2.53 bits per heavy atom. The molecule has 96 valence electrons. The fraction of sp³-hybridized carbons (Fsp3) is 0.600. The first-order valence-electron chi connectivity index (χ1n) is 6.76. The predicted molar refractivity (Wildman–Crippen MR) is 73.4 cm³/mol. The molecular weight excluding hydrogens is 210 g/mol. The first-order valence-corrected chi connectivity index (χ1v) is 6.76. The third-order valence-corrected chi connectivity index (χ3v) is 2.67. The molecule has 0 aliphatic rings. The number of hydrogen-bond donors (Lipinski definition) is 1. The van der Waals surface area contributed by atoms with E-state index in [9.17, 15) is 0 Å². The Bertz CT molecular complexity index is 261. The van der Waals surface area contributed by atoms with E-state index in [2.05, 4.69) is 42.6 Å². The largest absolute Gasteiger partial charge is 0.381 e. The quantitative estimate of drug-likeness (QED) is 0.629. The summed E-state index contributed by atoms with van der Waals surface area (Å²) in [4.78, 5) is 0. The lowest BCUT2D eigenvalue weighted by Gasteiger charge is -2.05.